The van der Waals surface area contributed by atoms with E-state index in [2.05, 4.69) is 20.7 Å². The molecule has 0 radical (unpaired) electrons. The number of sulfonamides is 1. The summed E-state index contributed by atoms with van der Waals surface area (Å²) in [6.45, 7) is -0.0995. The normalized spacial score (nSPS) is 13.1. The minimum Gasteiger partial charge on any atom is -0.387 e. The average Bonchev–Trinajstić information content (AvgIpc) is 2.59. The van der Waals surface area contributed by atoms with Crippen molar-refractivity contribution in [1.82, 2.24) is 4.72 Å². The molecule has 3 rings (SSSR count). The van der Waals surface area contributed by atoms with E-state index in [1.54, 1.807) is 24.3 Å². The lowest BCUT2D eigenvalue weighted by atomic mass is 10.0. The van der Waals surface area contributed by atoms with Gasteiger partial charge in [0.25, 0.3) is 0 Å². The maximum absolute atomic E-state index is 12.4. The quantitative estimate of drug-likeness (QED) is 0.680. The summed E-state index contributed by atoms with van der Waals surface area (Å²) in [5.41, 5.74) is 0.697. The summed E-state index contributed by atoms with van der Waals surface area (Å²) < 4.78 is 27.8. The molecule has 0 aromatic heterocycles. The molecule has 0 unspecified atom stereocenters. The third-order valence-electron chi connectivity index (χ3n) is 3.78. The van der Waals surface area contributed by atoms with Gasteiger partial charge in [-0.05, 0) is 44.4 Å². The van der Waals surface area contributed by atoms with Gasteiger partial charge in [-0.3, -0.25) is 0 Å². The molecule has 0 heterocycles. The zero-order chi connectivity index (χ0) is 17.2. The predicted octanol–water partition coefficient (Wildman–Crippen LogP) is 3.61. The van der Waals surface area contributed by atoms with Crippen LogP contribution in [0.3, 0.4) is 0 Å². The van der Waals surface area contributed by atoms with Gasteiger partial charge in [0, 0.05) is 11.0 Å². The van der Waals surface area contributed by atoms with E-state index in [-0.39, 0.29) is 11.4 Å². The Bertz CT molecular complexity index is 967. The van der Waals surface area contributed by atoms with Crippen molar-refractivity contribution in [3.05, 3.63) is 76.8 Å². The van der Waals surface area contributed by atoms with Crippen LogP contribution >= 0.6 is 15.9 Å². The molecule has 0 saturated heterocycles. The Kier molecular flexibility index (Phi) is 5.01. The van der Waals surface area contributed by atoms with Crippen LogP contribution in [-0.2, 0) is 10.0 Å². The fourth-order valence-corrected chi connectivity index (χ4v) is 4.62. The Labute approximate surface area is 149 Å². The molecular weight excluding hydrogens is 390 g/mol. The zero-order valence-corrected chi connectivity index (χ0v) is 15.1. The maximum Gasteiger partial charge on any atom is 0.241 e. The highest BCUT2D eigenvalue weighted by Crippen LogP contribution is 2.25. The number of halogens is 1. The number of nitrogens with one attached hydrogen (secondary N) is 1. The lowest BCUT2D eigenvalue weighted by molar-refractivity contribution is 0.183. The lowest BCUT2D eigenvalue weighted by Crippen LogP contribution is -2.28. The molecule has 0 fully saturated rings. The van der Waals surface area contributed by atoms with E-state index in [0.717, 1.165) is 10.8 Å². The highest BCUT2D eigenvalue weighted by atomic mass is 79.9. The first-order valence-corrected chi connectivity index (χ1v) is 9.66. The van der Waals surface area contributed by atoms with Crippen molar-refractivity contribution in [3.8, 4) is 0 Å². The van der Waals surface area contributed by atoms with E-state index >= 15 is 0 Å². The minimum absolute atomic E-state index is 0.0995. The number of hydrogen-bond donors (Lipinski definition) is 2. The predicted molar refractivity (Wildman–Crippen MR) is 98.2 cm³/mol. The molecule has 4 nitrogen and oxygen atoms in total. The Hall–Kier alpha value is -1.73. The van der Waals surface area contributed by atoms with E-state index in [1.807, 2.05) is 36.4 Å². The molecule has 0 bridgehead atoms. The molecule has 2 N–H and O–H groups in total. The van der Waals surface area contributed by atoms with Crippen LogP contribution in [0.15, 0.2) is 76.1 Å². The maximum atomic E-state index is 12.4. The second-order valence-electron chi connectivity index (χ2n) is 5.37. The van der Waals surface area contributed by atoms with Crippen LogP contribution in [0.4, 0.5) is 0 Å². The van der Waals surface area contributed by atoms with Crippen LogP contribution in [-0.4, -0.2) is 20.1 Å². The van der Waals surface area contributed by atoms with Gasteiger partial charge >= 0.3 is 0 Å². The number of rotatable bonds is 5. The van der Waals surface area contributed by atoms with Gasteiger partial charge < -0.3 is 5.11 Å². The highest BCUT2D eigenvalue weighted by Gasteiger charge is 2.19. The van der Waals surface area contributed by atoms with Gasteiger partial charge in [-0.25, -0.2) is 13.1 Å². The monoisotopic (exact) mass is 405 g/mol. The van der Waals surface area contributed by atoms with Crippen LogP contribution in [0.5, 0.6) is 0 Å². The molecule has 0 amide bonds. The molecular formula is C18H16BrNO3S. The Morgan fingerprint density at radius 3 is 2.42 bits per heavy atom. The average molecular weight is 406 g/mol. The zero-order valence-electron chi connectivity index (χ0n) is 12.7. The number of aliphatic hydroxyl groups is 1. The van der Waals surface area contributed by atoms with Gasteiger partial charge in [0.1, 0.15) is 0 Å². The van der Waals surface area contributed by atoms with E-state index in [4.69, 9.17) is 0 Å². The van der Waals surface area contributed by atoms with Crippen molar-refractivity contribution in [2.45, 2.75) is 11.0 Å². The molecule has 3 aromatic rings. The third kappa shape index (κ3) is 3.52. The molecule has 0 saturated carbocycles. The summed E-state index contributed by atoms with van der Waals surface area (Å²) in [7, 11) is -3.70. The molecule has 3 aromatic carbocycles. The largest absolute Gasteiger partial charge is 0.387 e. The lowest BCUT2D eigenvalue weighted by Gasteiger charge is -2.15. The van der Waals surface area contributed by atoms with Crippen molar-refractivity contribution in [2.24, 2.45) is 0 Å². The van der Waals surface area contributed by atoms with Gasteiger partial charge in [-0.1, -0.05) is 54.6 Å². The standard InChI is InChI=1S/C18H16BrNO3S/c19-16-10-3-4-11-18(16)24(22,23)20-12-17(21)15-9-5-7-13-6-1-2-8-14(13)15/h1-11,17,20-21H,12H2/t17-/m1/s1. The van der Waals surface area contributed by atoms with Crippen LogP contribution < -0.4 is 4.72 Å². The van der Waals surface area contributed by atoms with Gasteiger partial charge in [0.2, 0.25) is 10.0 Å². The van der Waals surface area contributed by atoms with Gasteiger partial charge in [-0.2, -0.15) is 0 Å². The Morgan fingerprint density at radius 2 is 1.62 bits per heavy atom. The summed E-state index contributed by atoms with van der Waals surface area (Å²) in [4.78, 5) is 0.148. The SMILES string of the molecule is O=S(=O)(NC[C@@H](O)c1cccc2ccccc12)c1ccccc1Br. The summed E-state index contributed by atoms with van der Waals surface area (Å²) in [5, 5.41) is 12.4. The van der Waals surface area contributed by atoms with Crippen LogP contribution in [0.2, 0.25) is 0 Å². The second kappa shape index (κ2) is 7.03. The minimum atomic E-state index is -3.70. The molecule has 0 spiro atoms. The van der Waals surface area contributed by atoms with Gasteiger partial charge in [0.15, 0.2) is 0 Å². The van der Waals surface area contributed by atoms with Crippen molar-refractivity contribution in [1.29, 1.82) is 0 Å². The van der Waals surface area contributed by atoms with E-state index in [1.165, 1.54) is 6.07 Å². The molecule has 1 atom stereocenters. The highest BCUT2D eigenvalue weighted by molar-refractivity contribution is 9.10. The van der Waals surface area contributed by atoms with Gasteiger partial charge in [0.05, 0.1) is 11.0 Å². The smallest absolute Gasteiger partial charge is 0.241 e. The molecule has 0 aliphatic carbocycles. The van der Waals surface area contributed by atoms with E-state index < -0.39 is 16.1 Å². The molecule has 124 valence electrons. The molecule has 24 heavy (non-hydrogen) atoms. The molecule has 0 aliphatic rings. The topological polar surface area (TPSA) is 66.4 Å². The number of fused-ring (bicyclic) bond motifs is 1. The van der Waals surface area contributed by atoms with Crippen molar-refractivity contribution < 1.29 is 13.5 Å². The Morgan fingerprint density at radius 1 is 0.958 bits per heavy atom. The summed E-state index contributed by atoms with van der Waals surface area (Å²) in [6, 6.07) is 19.9. The van der Waals surface area contributed by atoms with Crippen molar-refractivity contribution >= 4 is 36.7 Å². The first kappa shape index (κ1) is 17.1. The third-order valence-corrected chi connectivity index (χ3v) is 6.21. The van der Waals surface area contributed by atoms with Crippen molar-refractivity contribution in [2.75, 3.05) is 6.54 Å². The second-order valence-corrected chi connectivity index (χ2v) is 7.96. The number of benzene rings is 3. The Balaban J connectivity index is 1.83. The van der Waals surface area contributed by atoms with E-state index in [9.17, 15) is 13.5 Å². The number of hydrogen-bond acceptors (Lipinski definition) is 3. The summed E-state index contributed by atoms with van der Waals surface area (Å²) in [6.07, 6.45) is -0.937. The fraction of sp³-hybridized carbons (Fsp3) is 0.111. The van der Waals surface area contributed by atoms with Gasteiger partial charge in [-0.15, -0.1) is 0 Å². The van der Waals surface area contributed by atoms with Crippen LogP contribution in [0.25, 0.3) is 10.8 Å². The molecule has 6 heteroatoms. The van der Waals surface area contributed by atoms with Crippen LogP contribution in [0.1, 0.15) is 11.7 Å². The van der Waals surface area contributed by atoms with E-state index in [0.29, 0.717) is 10.0 Å². The number of aliphatic hydroxyl groups excluding tert-OH is 1. The summed E-state index contributed by atoms with van der Waals surface area (Å²) in [5.74, 6) is 0. The summed E-state index contributed by atoms with van der Waals surface area (Å²) >= 11 is 3.23. The van der Waals surface area contributed by atoms with Crippen molar-refractivity contribution in [3.63, 3.8) is 0 Å². The first-order valence-electron chi connectivity index (χ1n) is 7.39. The first-order chi connectivity index (χ1) is 11.5. The van der Waals surface area contributed by atoms with Crippen LogP contribution in [0, 0.1) is 0 Å². The molecule has 0 aliphatic heterocycles. The fourth-order valence-electron chi connectivity index (χ4n) is 2.58.